The second kappa shape index (κ2) is 10.4. The van der Waals surface area contributed by atoms with Gasteiger partial charge in [0.1, 0.15) is 0 Å². The number of hydrogen-bond acceptors (Lipinski definition) is 6. The molecule has 1 atom stereocenters. The largest absolute Gasteiger partial charge is 0.493 e. The van der Waals surface area contributed by atoms with Crippen LogP contribution >= 0.6 is 0 Å². The summed E-state index contributed by atoms with van der Waals surface area (Å²) in [4.78, 5) is 14.6. The molecule has 0 aliphatic carbocycles. The van der Waals surface area contributed by atoms with Gasteiger partial charge in [0.15, 0.2) is 17.2 Å². The number of ether oxygens (including phenoxy) is 2. The summed E-state index contributed by atoms with van der Waals surface area (Å²) >= 11 is 0. The van der Waals surface area contributed by atoms with Crippen LogP contribution in [0.25, 0.3) is 0 Å². The van der Waals surface area contributed by atoms with Gasteiger partial charge in [0, 0.05) is 30.7 Å². The highest BCUT2D eigenvalue weighted by atomic mass is 16.5. The monoisotopic (exact) mass is 415 g/mol. The summed E-state index contributed by atoms with van der Waals surface area (Å²) in [5.74, 6) is 1.39. The lowest BCUT2D eigenvalue weighted by Gasteiger charge is -2.36. The van der Waals surface area contributed by atoms with Gasteiger partial charge >= 0.3 is 0 Å². The van der Waals surface area contributed by atoms with Gasteiger partial charge in [0.25, 0.3) is 5.91 Å². The number of likely N-dealkylation sites (tertiary alicyclic amines) is 1. The highest BCUT2D eigenvalue weighted by molar-refractivity contribution is 5.91. The summed E-state index contributed by atoms with van der Waals surface area (Å²) in [6.07, 6.45) is 6.28. The van der Waals surface area contributed by atoms with E-state index in [1.807, 2.05) is 26.0 Å². The fraction of sp³-hybridized carbons (Fsp3) is 0.591. The van der Waals surface area contributed by atoms with Gasteiger partial charge in [-0.2, -0.15) is 0 Å². The van der Waals surface area contributed by atoms with Crippen LogP contribution in [0.5, 0.6) is 11.5 Å². The van der Waals surface area contributed by atoms with Crippen molar-refractivity contribution in [3.05, 3.63) is 35.7 Å². The minimum atomic E-state index is -0.180. The van der Waals surface area contributed by atoms with E-state index in [0.29, 0.717) is 11.7 Å². The van der Waals surface area contributed by atoms with E-state index in [2.05, 4.69) is 26.6 Å². The molecule has 3 rings (SSSR count). The molecule has 2 aromatic rings. The number of amides is 1. The fourth-order valence-electron chi connectivity index (χ4n) is 4.02. The lowest BCUT2D eigenvalue weighted by molar-refractivity contribution is 0.0938. The number of carbonyl (C=O) groups excluding carboxylic acids is 1. The quantitative estimate of drug-likeness (QED) is 0.678. The number of piperidine rings is 1. The molecule has 30 heavy (non-hydrogen) atoms. The Morgan fingerprint density at radius 2 is 2.10 bits per heavy atom. The lowest BCUT2D eigenvalue weighted by atomic mass is 9.98. The van der Waals surface area contributed by atoms with Gasteiger partial charge in [-0.25, -0.2) is 0 Å². The number of para-hydroxylation sites is 1. The summed E-state index contributed by atoms with van der Waals surface area (Å²) in [5, 5.41) is 11.0. The predicted octanol–water partition coefficient (Wildman–Crippen LogP) is 2.88. The van der Waals surface area contributed by atoms with Gasteiger partial charge in [-0.3, -0.25) is 14.4 Å². The first-order valence-electron chi connectivity index (χ1n) is 10.7. The van der Waals surface area contributed by atoms with Crippen molar-refractivity contribution >= 4 is 5.91 Å². The van der Waals surface area contributed by atoms with Crippen molar-refractivity contribution in [1.29, 1.82) is 0 Å². The average molecular weight is 416 g/mol. The Hall–Kier alpha value is -2.61. The molecule has 1 aromatic heterocycles. The van der Waals surface area contributed by atoms with Crippen molar-refractivity contribution in [2.24, 2.45) is 0 Å². The lowest BCUT2D eigenvalue weighted by Crippen LogP contribution is -2.39. The van der Waals surface area contributed by atoms with Crippen molar-refractivity contribution in [3.8, 4) is 11.5 Å². The highest BCUT2D eigenvalue weighted by Gasteiger charge is 2.24. The van der Waals surface area contributed by atoms with Crippen LogP contribution in [0.15, 0.2) is 24.4 Å². The molecule has 1 N–H and O–H groups in total. The Bertz CT molecular complexity index is 836. The molecular weight excluding hydrogens is 382 g/mol. The SMILES string of the molecule is COc1cccc(CN2CCCC[C@H]2CCn2cc(C(=O)NC(C)C)nn2)c1OC. The molecule has 0 unspecified atom stereocenters. The Morgan fingerprint density at radius 1 is 1.27 bits per heavy atom. The molecule has 0 radical (unpaired) electrons. The molecule has 1 saturated heterocycles. The smallest absolute Gasteiger partial charge is 0.273 e. The third-order valence-electron chi connectivity index (χ3n) is 5.49. The van der Waals surface area contributed by atoms with Gasteiger partial charge in [-0.15, -0.1) is 5.10 Å². The highest BCUT2D eigenvalue weighted by Crippen LogP contribution is 2.33. The molecule has 0 saturated carbocycles. The number of aromatic nitrogens is 3. The van der Waals surface area contributed by atoms with Crippen LogP contribution < -0.4 is 14.8 Å². The molecule has 1 aliphatic heterocycles. The van der Waals surface area contributed by atoms with E-state index in [4.69, 9.17) is 9.47 Å². The Labute approximate surface area is 178 Å². The first-order valence-corrected chi connectivity index (χ1v) is 10.7. The van der Waals surface area contributed by atoms with Gasteiger partial charge < -0.3 is 14.8 Å². The Morgan fingerprint density at radius 3 is 2.83 bits per heavy atom. The standard InChI is InChI=1S/C22H33N5O3/c1-16(2)23-22(28)19-15-27(25-24-19)13-11-18-9-5-6-12-26(18)14-17-8-7-10-20(29-3)21(17)30-4/h7-8,10,15-16,18H,5-6,9,11-14H2,1-4H3,(H,23,28)/t18-/m0/s1. The fourth-order valence-corrected chi connectivity index (χ4v) is 4.02. The molecule has 0 bridgehead atoms. The molecule has 0 spiro atoms. The summed E-state index contributed by atoms with van der Waals surface area (Å²) in [7, 11) is 3.35. The number of nitrogens with one attached hydrogen (secondary N) is 1. The van der Waals surface area contributed by atoms with E-state index in [1.54, 1.807) is 25.1 Å². The van der Waals surface area contributed by atoms with Gasteiger partial charge in [-0.1, -0.05) is 23.8 Å². The molecule has 2 heterocycles. The summed E-state index contributed by atoms with van der Waals surface area (Å²) < 4.78 is 12.8. The Kier molecular flexibility index (Phi) is 7.68. The second-order valence-corrected chi connectivity index (χ2v) is 8.06. The van der Waals surface area contributed by atoms with E-state index in [0.717, 1.165) is 49.5 Å². The third kappa shape index (κ3) is 5.50. The maximum absolute atomic E-state index is 12.1. The number of rotatable bonds is 9. The van der Waals surface area contributed by atoms with Gasteiger partial charge in [-0.05, 0) is 45.7 Å². The van der Waals surface area contributed by atoms with Crippen molar-refractivity contribution in [2.45, 2.75) is 64.7 Å². The molecule has 8 heteroatoms. The van der Waals surface area contributed by atoms with Crippen LogP contribution in [0, 0.1) is 0 Å². The second-order valence-electron chi connectivity index (χ2n) is 8.06. The molecule has 1 aliphatic rings. The van der Waals surface area contributed by atoms with Crippen LogP contribution in [-0.4, -0.2) is 58.6 Å². The van der Waals surface area contributed by atoms with Crippen LogP contribution in [0.4, 0.5) is 0 Å². The molecular formula is C22H33N5O3. The van der Waals surface area contributed by atoms with Crippen LogP contribution in [-0.2, 0) is 13.1 Å². The van der Waals surface area contributed by atoms with Crippen LogP contribution in [0.2, 0.25) is 0 Å². The number of aryl methyl sites for hydroxylation is 1. The average Bonchev–Trinajstić information content (AvgIpc) is 3.21. The third-order valence-corrected chi connectivity index (χ3v) is 5.49. The molecule has 164 valence electrons. The van der Waals surface area contributed by atoms with E-state index in [-0.39, 0.29) is 11.9 Å². The molecule has 1 amide bonds. The first kappa shape index (κ1) is 22.1. The molecule has 1 aromatic carbocycles. The zero-order valence-electron chi connectivity index (χ0n) is 18.4. The predicted molar refractivity (Wildman–Crippen MR) is 115 cm³/mol. The first-order chi connectivity index (χ1) is 14.5. The minimum Gasteiger partial charge on any atom is -0.493 e. The van der Waals surface area contributed by atoms with Crippen molar-refractivity contribution in [3.63, 3.8) is 0 Å². The Balaban J connectivity index is 1.63. The topological polar surface area (TPSA) is 81.5 Å². The van der Waals surface area contributed by atoms with E-state index in [1.165, 1.54) is 12.8 Å². The van der Waals surface area contributed by atoms with Crippen molar-refractivity contribution < 1.29 is 14.3 Å². The molecule has 8 nitrogen and oxygen atoms in total. The normalized spacial score (nSPS) is 17.2. The number of methoxy groups -OCH3 is 2. The molecule has 1 fully saturated rings. The van der Waals surface area contributed by atoms with Gasteiger partial charge in [0.05, 0.1) is 20.4 Å². The maximum atomic E-state index is 12.1. The summed E-state index contributed by atoms with van der Waals surface area (Å²) in [5.41, 5.74) is 1.50. The van der Waals surface area contributed by atoms with Crippen molar-refractivity contribution in [1.82, 2.24) is 25.2 Å². The minimum absolute atomic E-state index is 0.0760. The zero-order valence-corrected chi connectivity index (χ0v) is 18.4. The van der Waals surface area contributed by atoms with E-state index < -0.39 is 0 Å². The number of benzene rings is 1. The van der Waals surface area contributed by atoms with Crippen LogP contribution in [0.1, 0.15) is 55.6 Å². The maximum Gasteiger partial charge on any atom is 0.273 e. The van der Waals surface area contributed by atoms with E-state index in [9.17, 15) is 4.79 Å². The van der Waals surface area contributed by atoms with Gasteiger partial charge in [0.2, 0.25) is 0 Å². The number of hydrogen-bond donors (Lipinski definition) is 1. The summed E-state index contributed by atoms with van der Waals surface area (Å²) in [6, 6.07) is 6.56. The van der Waals surface area contributed by atoms with E-state index >= 15 is 0 Å². The summed E-state index contributed by atoms with van der Waals surface area (Å²) in [6.45, 7) is 6.47. The number of nitrogens with zero attached hydrogens (tertiary/aromatic N) is 4. The van der Waals surface area contributed by atoms with Crippen LogP contribution in [0.3, 0.4) is 0 Å². The number of carbonyl (C=O) groups is 1. The zero-order chi connectivity index (χ0) is 21.5. The van der Waals surface area contributed by atoms with Crippen molar-refractivity contribution in [2.75, 3.05) is 20.8 Å².